The van der Waals surface area contributed by atoms with Crippen LogP contribution < -0.4 is 11.1 Å². The van der Waals surface area contributed by atoms with Crippen molar-refractivity contribution in [3.05, 3.63) is 29.3 Å². The van der Waals surface area contributed by atoms with E-state index < -0.39 is 0 Å². The molecule has 1 aromatic rings. The first kappa shape index (κ1) is 8.30. The first-order valence-corrected chi connectivity index (χ1v) is 5.46. The highest BCUT2D eigenvalue weighted by Crippen LogP contribution is 2.38. The fraction of sp³-hybridized carbons (Fsp3) is 0.500. The molecule has 0 saturated carbocycles. The summed E-state index contributed by atoms with van der Waals surface area (Å²) in [7, 11) is 0. The Morgan fingerprint density at radius 3 is 3.21 bits per heavy atom. The smallest absolute Gasteiger partial charge is 0.0316 e. The van der Waals surface area contributed by atoms with Gasteiger partial charge >= 0.3 is 0 Å². The number of piperidine rings is 1. The molecule has 0 radical (unpaired) electrons. The maximum Gasteiger partial charge on any atom is 0.0316 e. The van der Waals surface area contributed by atoms with Crippen molar-refractivity contribution in [1.29, 1.82) is 0 Å². The number of fused-ring (bicyclic) bond motifs is 3. The van der Waals surface area contributed by atoms with Crippen LogP contribution in [-0.2, 0) is 6.42 Å². The van der Waals surface area contributed by atoms with Gasteiger partial charge in [0.25, 0.3) is 0 Å². The van der Waals surface area contributed by atoms with E-state index in [4.69, 9.17) is 5.73 Å². The third kappa shape index (κ3) is 1.14. The maximum absolute atomic E-state index is 5.80. The number of benzene rings is 1. The largest absolute Gasteiger partial charge is 0.399 e. The number of anilines is 1. The van der Waals surface area contributed by atoms with E-state index in [-0.39, 0.29) is 0 Å². The summed E-state index contributed by atoms with van der Waals surface area (Å²) in [6, 6.07) is 7.09. The Bertz CT molecular complexity index is 359. The third-order valence-electron chi connectivity index (χ3n) is 3.59. The average molecular weight is 188 g/mol. The lowest BCUT2D eigenvalue weighted by atomic mass is 9.90. The second-order valence-corrected chi connectivity index (χ2v) is 4.47. The van der Waals surface area contributed by atoms with E-state index >= 15 is 0 Å². The molecular formula is C12H16N2. The van der Waals surface area contributed by atoms with Crippen molar-refractivity contribution >= 4 is 5.69 Å². The van der Waals surface area contributed by atoms with Gasteiger partial charge in [-0.05, 0) is 55.0 Å². The van der Waals surface area contributed by atoms with Gasteiger partial charge in [0.15, 0.2) is 0 Å². The van der Waals surface area contributed by atoms with Crippen LogP contribution in [0, 0.1) is 0 Å². The normalized spacial score (nSPS) is 29.7. The molecule has 3 rings (SSSR count). The highest BCUT2D eigenvalue weighted by molar-refractivity contribution is 5.49. The molecule has 2 heteroatoms. The lowest BCUT2D eigenvalue weighted by Gasteiger charge is -2.26. The molecule has 0 unspecified atom stereocenters. The minimum absolute atomic E-state index is 0.681. The van der Waals surface area contributed by atoms with Crippen LogP contribution in [0.4, 0.5) is 5.69 Å². The molecule has 0 spiro atoms. The molecule has 1 saturated heterocycles. The fourth-order valence-electron chi connectivity index (χ4n) is 2.94. The van der Waals surface area contributed by atoms with E-state index in [1.165, 1.54) is 36.9 Å². The summed E-state index contributed by atoms with van der Waals surface area (Å²) in [4.78, 5) is 0. The van der Waals surface area contributed by atoms with E-state index in [1.54, 1.807) is 0 Å². The highest BCUT2D eigenvalue weighted by Gasteiger charge is 2.33. The van der Waals surface area contributed by atoms with Crippen molar-refractivity contribution in [3.8, 4) is 0 Å². The Balaban J connectivity index is 2.01. The number of nitrogens with two attached hydrogens (primary N) is 1. The van der Waals surface area contributed by atoms with Gasteiger partial charge in [-0.15, -0.1) is 0 Å². The fourth-order valence-corrected chi connectivity index (χ4v) is 2.94. The molecule has 1 aliphatic carbocycles. The quantitative estimate of drug-likeness (QED) is 0.608. The van der Waals surface area contributed by atoms with Gasteiger partial charge in [-0.2, -0.15) is 0 Å². The molecule has 1 aromatic carbocycles. The zero-order chi connectivity index (χ0) is 9.54. The summed E-state index contributed by atoms with van der Waals surface area (Å²) >= 11 is 0. The summed E-state index contributed by atoms with van der Waals surface area (Å²) in [6.45, 7) is 1.19. The zero-order valence-electron chi connectivity index (χ0n) is 8.29. The maximum atomic E-state index is 5.80. The Hall–Kier alpha value is -1.02. The van der Waals surface area contributed by atoms with Crippen LogP contribution in [0.3, 0.4) is 0 Å². The molecule has 2 atom stereocenters. The van der Waals surface area contributed by atoms with E-state index in [0.717, 1.165) is 11.6 Å². The third-order valence-corrected chi connectivity index (χ3v) is 3.59. The first-order valence-electron chi connectivity index (χ1n) is 5.46. The molecule has 1 heterocycles. The lowest BCUT2D eigenvalue weighted by Crippen LogP contribution is -2.37. The number of hydrogen-bond acceptors (Lipinski definition) is 2. The van der Waals surface area contributed by atoms with E-state index in [1.807, 2.05) is 6.07 Å². The highest BCUT2D eigenvalue weighted by atomic mass is 14.9. The van der Waals surface area contributed by atoms with Crippen LogP contribution in [0.1, 0.15) is 29.9 Å². The summed E-state index contributed by atoms with van der Waals surface area (Å²) in [5.74, 6) is 0.749. The molecule has 0 amide bonds. The molecular weight excluding hydrogens is 172 g/mol. The van der Waals surface area contributed by atoms with Crippen molar-refractivity contribution in [3.63, 3.8) is 0 Å². The number of hydrogen-bond donors (Lipinski definition) is 2. The van der Waals surface area contributed by atoms with Gasteiger partial charge in [0.2, 0.25) is 0 Å². The van der Waals surface area contributed by atoms with Crippen molar-refractivity contribution in [2.24, 2.45) is 0 Å². The topological polar surface area (TPSA) is 38.0 Å². The molecule has 1 fully saturated rings. The second-order valence-electron chi connectivity index (χ2n) is 4.47. The van der Waals surface area contributed by atoms with Crippen molar-refractivity contribution in [2.45, 2.75) is 31.2 Å². The molecule has 74 valence electrons. The molecule has 3 N–H and O–H groups in total. The Kier molecular flexibility index (Phi) is 1.77. The summed E-state index contributed by atoms with van der Waals surface area (Å²) in [5.41, 5.74) is 9.71. The molecule has 2 aliphatic rings. The van der Waals surface area contributed by atoms with Crippen LogP contribution in [0.5, 0.6) is 0 Å². The molecule has 0 aromatic heterocycles. The number of nitrogen functional groups attached to an aromatic ring is 1. The monoisotopic (exact) mass is 188 g/mol. The predicted octanol–water partition coefficient (Wildman–Crippen LogP) is 1.66. The molecule has 2 nitrogen and oxygen atoms in total. The summed E-state index contributed by atoms with van der Waals surface area (Å²) < 4.78 is 0. The van der Waals surface area contributed by atoms with Crippen molar-refractivity contribution < 1.29 is 0 Å². The lowest BCUT2D eigenvalue weighted by molar-refractivity contribution is 0.372. The van der Waals surface area contributed by atoms with Gasteiger partial charge < -0.3 is 11.1 Å². The predicted molar refractivity (Wildman–Crippen MR) is 58.3 cm³/mol. The Morgan fingerprint density at radius 2 is 2.29 bits per heavy atom. The zero-order valence-corrected chi connectivity index (χ0v) is 8.29. The van der Waals surface area contributed by atoms with E-state index in [2.05, 4.69) is 17.4 Å². The van der Waals surface area contributed by atoms with Crippen LogP contribution in [0.25, 0.3) is 0 Å². The minimum Gasteiger partial charge on any atom is -0.399 e. The number of nitrogens with one attached hydrogen (secondary N) is 1. The van der Waals surface area contributed by atoms with E-state index in [0.29, 0.717) is 6.04 Å². The first-order chi connectivity index (χ1) is 6.84. The van der Waals surface area contributed by atoms with Crippen molar-refractivity contribution in [1.82, 2.24) is 5.32 Å². The van der Waals surface area contributed by atoms with Crippen LogP contribution in [0.2, 0.25) is 0 Å². The van der Waals surface area contributed by atoms with Gasteiger partial charge in [0.05, 0.1) is 0 Å². The second kappa shape index (κ2) is 2.99. The summed E-state index contributed by atoms with van der Waals surface area (Å²) in [5, 5.41) is 3.61. The number of rotatable bonds is 0. The van der Waals surface area contributed by atoms with Gasteiger partial charge in [0, 0.05) is 11.7 Å². The van der Waals surface area contributed by atoms with Gasteiger partial charge in [-0.3, -0.25) is 0 Å². The van der Waals surface area contributed by atoms with Gasteiger partial charge in [-0.25, -0.2) is 0 Å². The van der Waals surface area contributed by atoms with E-state index in [9.17, 15) is 0 Å². The van der Waals surface area contributed by atoms with Crippen LogP contribution >= 0.6 is 0 Å². The standard InChI is InChI=1S/C12H16N2/c13-9-3-4-10-8(6-9)7-12-11(10)2-1-5-14-12/h3-4,6,11-12,14H,1-2,5,7,13H2/t11-,12+/m0/s1. The van der Waals surface area contributed by atoms with Gasteiger partial charge in [-0.1, -0.05) is 6.07 Å². The average Bonchev–Trinajstić information content (AvgIpc) is 2.54. The van der Waals surface area contributed by atoms with Crippen LogP contribution in [-0.4, -0.2) is 12.6 Å². The Labute approximate surface area is 84.5 Å². The molecule has 1 aliphatic heterocycles. The van der Waals surface area contributed by atoms with Gasteiger partial charge in [0.1, 0.15) is 0 Å². The SMILES string of the molecule is Nc1ccc2c(c1)C[C@H]1NCCC[C@@H]21. The van der Waals surface area contributed by atoms with Crippen LogP contribution in [0.15, 0.2) is 18.2 Å². The minimum atomic E-state index is 0.681. The molecule has 0 bridgehead atoms. The molecule has 14 heavy (non-hydrogen) atoms. The summed E-state index contributed by atoms with van der Waals surface area (Å²) in [6.07, 6.45) is 3.82. The Morgan fingerprint density at radius 1 is 1.36 bits per heavy atom. The van der Waals surface area contributed by atoms with Crippen molar-refractivity contribution in [2.75, 3.05) is 12.3 Å².